The van der Waals surface area contributed by atoms with Crippen molar-refractivity contribution in [3.05, 3.63) is 106 Å². The summed E-state index contributed by atoms with van der Waals surface area (Å²) in [5.74, 6) is -0.792. The number of aromatic amines is 1. The summed E-state index contributed by atoms with van der Waals surface area (Å²) in [6, 6.07) is 22.5. The van der Waals surface area contributed by atoms with Gasteiger partial charge in [0.15, 0.2) is 0 Å². The Labute approximate surface area is 230 Å². The maximum atomic E-state index is 13.0. The van der Waals surface area contributed by atoms with Gasteiger partial charge in [-0.2, -0.15) is 15.5 Å². The first kappa shape index (κ1) is 23.7. The van der Waals surface area contributed by atoms with Crippen LogP contribution in [0.1, 0.15) is 32.0 Å². The molecule has 9 nitrogen and oxygen atoms in total. The number of hydrogen-bond donors (Lipinski definition) is 1. The summed E-state index contributed by atoms with van der Waals surface area (Å²) < 4.78 is 2.14. The number of thiophene rings is 1. The number of carbonyl (C=O) groups excluding carboxylic acids is 2. The molecule has 0 aliphatic carbocycles. The Morgan fingerprint density at radius 3 is 2.38 bits per heavy atom. The average molecular weight is 543 g/mol. The van der Waals surface area contributed by atoms with Crippen LogP contribution in [-0.2, 0) is 13.6 Å². The number of carbonyl (C=O) groups is 2. The van der Waals surface area contributed by atoms with E-state index in [9.17, 15) is 19.6 Å². The van der Waals surface area contributed by atoms with Gasteiger partial charge in [-0.3, -0.25) is 24.0 Å². The monoisotopic (exact) mass is 542 g/mol. The first-order chi connectivity index (χ1) is 19.5. The van der Waals surface area contributed by atoms with Crippen molar-refractivity contribution in [2.45, 2.75) is 6.54 Å². The van der Waals surface area contributed by atoms with E-state index in [0.717, 1.165) is 37.4 Å². The summed E-state index contributed by atoms with van der Waals surface area (Å²) in [6.07, 6.45) is 1.71. The van der Waals surface area contributed by atoms with Crippen molar-refractivity contribution in [3.8, 4) is 27.8 Å². The van der Waals surface area contributed by atoms with Gasteiger partial charge < -0.3 is 0 Å². The van der Waals surface area contributed by atoms with Gasteiger partial charge in [-0.15, -0.1) is 11.3 Å². The van der Waals surface area contributed by atoms with Crippen LogP contribution in [0.3, 0.4) is 0 Å². The van der Waals surface area contributed by atoms with Crippen molar-refractivity contribution in [1.29, 1.82) is 5.26 Å². The number of benzene rings is 3. The van der Waals surface area contributed by atoms with E-state index in [1.807, 2.05) is 49.5 Å². The van der Waals surface area contributed by atoms with Gasteiger partial charge in [0.2, 0.25) is 0 Å². The fourth-order valence-electron chi connectivity index (χ4n) is 5.32. The van der Waals surface area contributed by atoms with Crippen LogP contribution >= 0.6 is 11.3 Å². The van der Waals surface area contributed by atoms with Gasteiger partial charge in [0.25, 0.3) is 17.4 Å². The van der Waals surface area contributed by atoms with Crippen LogP contribution < -0.4 is 5.56 Å². The number of nitrogens with zero attached hydrogens (tertiary/aromatic N) is 5. The zero-order valence-electron chi connectivity index (χ0n) is 21.0. The average Bonchev–Trinajstić information content (AvgIpc) is 3.65. The molecule has 3 aromatic carbocycles. The van der Waals surface area contributed by atoms with Crippen molar-refractivity contribution >= 4 is 44.0 Å². The lowest BCUT2D eigenvalue weighted by Crippen LogP contribution is -2.30. The standard InChI is InChI=1S/C30H18N6O3S/c1-35-26(18-11-10-16-6-2-3-7-17(16)22(18)13-31)23(14-32-35)25-12-21-24(33-34-28(37)27(21)40-25)15-36-29(38)19-8-4-5-9-20(19)30(36)39/h2-12,14H,15H2,1H3,(H,34,37). The SMILES string of the molecule is Cn1ncc(-c2cc3c(CN4C(=O)c5ccccc5C4=O)n[nH]c(=O)c3s2)c1-c1ccc2ccccc2c1C#N. The Kier molecular flexibility index (Phi) is 5.23. The summed E-state index contributed by atoms with van der Waals surface area (Å²) in [7, 11) is 1.81. The zero-order valence-corrected chi connectivity index (χ0v) is 21.8. The topological polar surface area (TPSA) is 125 Å². The van der Waals surface area contributed by atoms with Crippen LogP contribution in [0.25, 0.3) is 42.6 Å². The van der Waals surface area contributed by atoms with Crippen LogP contribution in [0.5, 0.6) is 0 Å². The Morgan fingerprint density at radius 2 is 1.62 bits per heavy atom. The number of aromatic nitrogens is 4. The van der Waals surface area contributed by atoms with E-state index in [-0.39, 0.29) is 12.1 Å². The van der Waals surface area contributed by atoms with Crippen LogP contribution in [0, 0.1) is 11.3 Å². The molecule has 0 saturated carbocycles. The van der Waals surface area contributed by atoms with Gasteiger partial charge in [-0.05, 0) is 23.6 Å². The lowest BCUT2D eigenvalue weighted by molar-refractivity contribution is 0.0640. The molecule has 40 heavy (non-hydrogen) atoms. The Bertz CT molecular complexity index is 2110. The normalized spacial score (nSPS) is 12.8. The van der Waals surface area contributed by atoms with E-state index in [2.05, 4.69) is 21.4 Å². The minimum Gasteiger partial charge on any atom is -0.269 e. The molecular weight excluding hydrogens is 524 g/mol. The maximum absolute atomic E-state index is 13.0. The Morgan fingerprint density at radius 1 is 0.900 bits per heavy atom. The highest BCUT2D eigenvalue weighted by atomic mass is 32.1. The molecule has 0 unspecified atom stereocenters. The highest BCUT2D eigenvalue weighted by Crippen LogP contribution is 2.41. The van der Waals surface area contributed by atoms with Crippen molar-refractivity contribution in [3.63, 3.8) is 0 Å². The van der Waals surface area contributed by atoms with Gasteiger partial charge in [0.05, 0.1) is 40.8 Å². The lowest BCUT2D eigenvalue weighted by Gasteiger charge is -2.13. The second-order valence-corrected chi connectivity index (χ2v) is 10.5. The molecule has 0 saturated heterocycles. The maximum Gasteiger partial charge on any atom is 0.282 e. The second kappa shape index (κ2) is 8.83. The molecule has 1 N–H and O–H groups in total. The molecule has 0 fully saturated rings. The number of amides is 2. The predicted octanol–water partition coefficient (Wildman–Crippen LogP) is 4.87. The Hall–Kier alpha value is -5.40. The van der Waals surface area contributed by atoms with Gasteiger partial charge in [-0.1, -0.05) is 48.5 Å². The van der Waals surface area contributed by atoms with E-state index >= 15 is 0 Å². The molecule has 6 aromatic rings. The first-order valence-electron chi connectivity index (χ1n) is 12.4. The fraction of sp³-hybridized carbons (Fsp3) is 0.0667. The third-order valence-electron chi connectivity index (χ3n) is 7.23. The van der Waals surface area contributed by atoms with Crippen molar-refractivity contribution in [1.82, 2.24) is 24.9 Å². The number of H-pyrrole nitrogens is 1. The van der Waals surface area contributed by atoms with Gasteiger partial charge in [0, 0.05) is 33.8 Å². The third kappa shape index (κ3) is 3.42. The molecule has 192 valence electrons. The number of nitriles is 1. The smallest absolute Gasteiger partial charge is 0.269 e. The molecule has 4 heterocycles. The molecule has 3 aromatic heterocycles. The van der Waals surface area contributed by atoms with Crippen LogP contribution in [0.2, 0.25) is 0 Å². The Balaban J connectivity index is 1.35. The van der Waals surface area contributed by atoms with E-state index in [0.29, 0.717) is 32.5 Å². The number of imide groups is 1. The van der Waals surface area contributed by atoms with Gasteiger partial charge in [-0.25, -0.2) is 5.10 Å². The molecule has 7 rings (SSSR count). The zero-order chi connectivity index (χ0) is 27.5. The second-order valence-electron chi connectivity index (χ2n) is 9.45. The van der Waals surface area contributed by atoms with Crippen LogP contribution in [0.4, 0.5) is 0 Å². The number of nitrogens with one attached hydrogen (secondary N) is 1. The molecule has 0 bridgehead atoms. The molecule has 0 spiro atoms. The largest absolute Gasteiger partial charge is 0.282 e. The number of hydrogen-bond acceptors (Lipinski definition) is 7. The fourth-order valence-corrected chi connectivity index (χ4v) is 6.40. The van der Waals surface area contributed by atoms with Crippen molar-refractivity contribution < 1.29 is 9.59 Å². The van der Waals surface area contributed by atoms with Crippen LogP contribution in [-0.4, -0.2) is 36.7 Å². The van der Waals surface area contributed by atoms with Crippen molar-refractivity contribution in [2.24, 2.45) is 7.05 Å². The highest BCUT2D eigenvalue weighted by Gasteiger charge is 2.36. The highest BCUT2D eigenvalue weighted by molar-refractivity contribution is 7.22. The van der Waals surface area contributed by atoms with Gasteiger partial charge in [0.1, 0.15) is 10.8 Å². The first-order valence-corrected chi connectivity index (χ1v) is 13.2. The number of fused-ring (bicyclic) bond motifs is 3. The van der Waals surface area contributed by atoms with E-state index in [4.69, 9.17) is 0 Å². The summed E-state index contributed by atoms with van der Waals surface area (Å²) in [5, 5.41) is 23.7. The summed E-state index contributed by atoms with van der Waals surface area (Å²) in [4.78, 5) is 40.6. The quantitative estimate of drug-likeness (QED) is 0.317. The predicted molar refractivity (Wildman–Crippen MR) is 151 cm³/mol. The molecule has 2 amide bonds. The molecule has 0 radical (unpaired) electrons. The summed E-state index contributed by atoms with van der Waals surface area (Å²) in [6.45, 7) is -0.0844. The van der Waals surface area contributed by atoms with E-state index < -0.39 is 11.8 Å². The third-order valence-corrected chi connectivity index (χ3v) is 8.39. The molecule has 0 atom stereocenters. The van der Waals surface area contributed by atoms with E-state index in [1.54, 1.807) is 35.1 Å². The van der Waals surface area contributed by atoms with Crippen molar-refractivity contribution in [2.75, 3.05) is 0 Å². The molecular formula is C30H18N6O3S. The van der Waals surface area contributed by atoms with Crippen LogP contribution in [0.15, 0.2) is 77.7 Å². The molecule has 1 aliphatic rings. The van der Waals surface area contributed by atoms with Gasteiger partial charge >= 0.3 is 0 Å². The molecule has 10 heteroatoms. The summed E-state index contributed by atoms with van der Waals surface area (Å²) in [5.41, 5.74) is 3.49. The molecule has 1 aliphatic heterocycles. The number of rotatable bonds is 4. The minimum absolute atomic E-state index is 0.0844. The minimum atomic E-state index is -0.396. The summed E-state index contributed by atoms with van der Waals surface area (Å²) >= 11 is 1.27. The lowest BCUT2D eigenvalue weighted by atomic mass is 9.96. The van der Waals surface area contributed by atoms with E-state index in [1.165, 1.54) is 11.3 Å². The number of aryl methyl sites for hydroxylation is 1.